The quantitative estimate of drug-likeness (QED) is 0.446. The molecule has 3 fully saturated rings. The van der Waals surface area contributed by atoms with Crippen LogP contribution in [0.4, 0.5) is 0 Å². The van der Waals surface area contributed by atoms with E-state index in [4.69, 9.17) is 16.0 Å². The number of aromatic carboxylic acids is 1. The van der Waals surface area contributed by atoms with Crippen molar-refractivity contribution >= 4 is 35.6 Å². The van der Waals surface area contributed by atoms with Crippen molar-refractivity contribution in [2.75, 3.05) is 0 Å². The molecule has 1 aromatic carbocycles. The molecule has 2 heterocycles. The van der Waals surface area contributed by atoms with Crippen molar-refractivity contribution in [3.05, 3.63) is 58.8 Å². The van der Waals surface area contributed by atoms with Crippen molar-refractivity contribution in [3.8, 4) is 11.3 Å². The molecule has 4 aliphatic rings. The van der Waals surface area contributed by atoms with Gasteiger partial charge in [-0.15, -0.1) is 0 Å². The summed E-state index contributed by atoms with van der Waals surface area (Å²) in [5.41, 5.74) is 0.670. The van der Waals surface area contributed by atoms with Gasteiger partial charge in [0.1, 0.15) is 11.5 Å². The number of carboxylic acids is 1. The van der Waals surface area contributed by atoms with E-state index in [0.29, 0.717) is 17.1 Å². The van der Waals surface area contributed by atoms with Crippen molar-refractivity contribution in [1.29, 1.82) is 0 Å². The van der Waals surface area contributed by atoms with E-state index in [-0.39, 0.29) is 51.5 Å². The van der Waals surface area contributed by atoms with Gasteiger partial charge in [-0.2, -0.15) is 10.1 Å². The van der Waals surface area contributed by atoms with Gasteiger partial charge in [0, 0.05) is 5.56 Å². The van der Waals surface area contributed by atoms with E-state index in [1.54, 1.807) is 18.2 Å². The Hall–Kier alpha value is -3.19. The monoisotopic (exact) mass is 436 g/mol. The number of hydrogen-bond donors (Lipinski definition) is 1. The normalized spacial score (nSPS) is 29.5. The van der Waals surface area contributed by atoms with Gasteiger partial charge in [0.2, 0.25) is 0 Å². The first kappa shape index (κ1) is 18.6. The molecule has 31 heavy (non-hydrogen) atoms. The van der Waals surface area contributed by atoms with Crippen LogP contribution in [-0.2, 0) is 9.59 Å². The average molecular weight is 437 g/mol. The summed E-state index contributed by atoms with van der Waals surface area (Å²) < 4.78 is 5.72. The SMILES string of the molecule is O=C(O)c1cc(-c2ccc(/C=N\N3C(=O)[C@@H]4[C@@H](C3=O)[C@H]3C=C[C@H]4C34CC4)o2)ccc1Cl. The fourth-order valence-corrected chi connectivity index (χ4v) is 5.91. The standard InChI is InChI=1S/C23H17ClN2O5/c24-16-5-1-11(9-13(16)22(29)30)17-6-2-12(31-17)10-25-26-20(27)18-14-3-4-15(19(18)21(26)28)23(14)7-8-23/h1-6,9-10,14-15,18-19H,7-8H2,(H,29,30)/b25-10-/t14-,15-,18+,19+/m1/s1. The van der Waals surface area contributed by atoms with Gasteiger partial charge in [0.05, 0.1) is 28.6 Å². The lowest BCUT2D eigenvalue weighted by Gasteiger charge is -2.18. The topological polar surface area (TPSA) is 100 Å². The third-order valence-electron chi connectivity index (χ3n) is 7.24. The minimum atomic E-state index is -1.13. The number of hydrazone groups is 1. The van der Waals surface area contributed by atoms with Gasteiger partial charge in [0.15, 0.2) is 0 Å². The van der Waals surface area contributed by atoms with Gasteiger partial charge >= 0.3 is 5.97 Å². The zero-order valence-electron chi connectivity index (χ0n) is 16.2. The van der Waals surface area contributed by atoms with Gasteiger partial charge in [0.25, 0.3) is 11.8 Å². The highest BCUT2D eigenvalue weighted by Crippen LogP contribution is 2.73. The molecule has 0 radical (unpaired) electrons. The van der Waals surface area contributed by atoms with Crippen LogP contribution < -0.4 is 0 Å². The van der Waals surface area contributed by atoms with Gasteiger partial charge in [-0.05, 0) is 60.4 Å². The number of carboxylic acid groups (broad SMARTS) is 1. The van der Waals surface area contributed by atoms with Gasteiger partial charge in [-0.1, -0.05) is 23.8 Å². The van der Waals surface area contributed by atoms with Crippen molar-refractivity contribution in [2.45, 2.75) is 12.8 Å². The maximum absolute atomic E-state index is 12.9. The lowest BCUT2D eigenvalue weighted by Crippen LogP contribution is -2.30. The van der Waals surface area contributed by atoms with Gasteiger partial charge < -0.3 is 9.52 Å². The molecule has 6 rings (SSSR count). The number of carbonyl (C=O) groups is 3. The molecule has 1 spiro atoms. The van der Waals surface area contributed by atoms with E-state index in [0.717, 1.165) is 17.9 Å². The summed E-state index contributed by atoms with van der Waals surface area (Å²) in [4.78, 5) is 37.2. The van der Waals surface area contributed by atoms with E-state index >= 15 is 0 Å². The van der Waals surface area contributed by atoms with E-state index in [1.165, 1.54) is 18.3 Å². The molecule has 2 amide bonds. The molecule has 1 aromatic heterocycles. The lowest BCUT2D eigenvalue weighted by atomic mass is 9.85. The van der Waals surface area contributed by atoms with Crippen molar-refractivity contribution in [1.82, 2.24) is 5.01 Å². The van der Waals surface area contributed by atoms with E-state index < -0.39 is 5.97 Å². The second kappa shape index (κ2) is 6.17. The van der Waals surface area contributed by atoms with Crippen molar-refractivity contribution < 1.29 is 23.9 Å². The number of allylic oxidation sites excluding steroid dienone is 2. The summed E-state index contributed by atoms with van der Waals surface area (Å²) in [6.07, 6.45) is 7.77. The van der Waals surface area contributed by atoms with Crippen LogP contribution in [0.15, 0.2) is 52.0 Å². The molecule has 1 N–H and O–H groups in total. The number of carbonyl (C=O) groups excluding carboxylic acids is 2. The number of halogens is 1. The van der Waals surface area contributed by atoms with Crippen LogP contribution in [0.25, 0.3) is 11.3 Å². The molecule has 2 aromatic rings. The number of imide groups is 1. The predicted octanol–water partition coefficient (Wildman–Crippen LogP) is 3.83. The lowest BCUT2D eigenvalue weighted by molar-refractivity contribution is -0.141. The van der Waals surface area contributed by atoms with Crippen molar-refractivity contribution in [3.63, 3.8) is 0 Å². The van der Waals surface area contributed by atoms with Crippen LogP contribution in [0.5, 0.6) is 0 Å². The van der Waals surface area contributed by atoms with Crippen molar-refractivity contribution in [2.24, 2.45) is 34.2 Å². The van der Waals surface area contributed by atoms with E-state index in [9.17, 15) is 19.5 Å². The summed E-state index contributed by atoms with van der Waals surface area (Å²) >= 11 is 5.91. The number of fused-ring (bicyclic) bond motifs is 3. The molecular formula is C23H17ClN2O5. The smallest absolute Gasteiger partial charge is 0.337 e. The summed E-state index contributed by atoms with van der Waals surface area (Å²) in [5.74, 6) is -1.10. The minimum absolute atomic E-state index is 0.0257. The highest BCUT2D eigenvalue weighted by atomic mass is 35.5. The number of hydrogen-bond acceptors (Lipinski definition) is 5. The van der Waals surface area contributed by atoms with Gasteiger partial charge in [-0.3, -0.25) is 9.59 Å². The molecule has 4 atom stereocenters. The van der Waals surface area contributed by atoms with Crippen LogP contribution in [-0.4, -0.2) is 34.1 Å². The average Bonchev–Trinajstić information content (AvgIpc) is 3.03. The zero-order chi connectivity index (χ0) is 21.5. The molecule has 2 bridgehead atoms. The molecular weight excluding hydrogens is 420 g/mol. The Morgan fingerprint density at radius 3 is 2.42 bits per heavy atom. The predicted molar refractivity (Wildman–Crippen MR) is 110 cm³/mol. The number of rotatable bonds is 4. The highest BCUT2D eigenvalue weighted by molar-refractivity contribution is 6.33. The maximum Gasteiger partial charge on any atom is 0.337 e. The summed E-state index contributed by atoms with van der Waals surface area (Å²) in [7, 11) is 0. The fraction of sp³-hybridized carbons (Fsp3) is 0.304. The summed E-state index contributed by atoms with van der Waals surface area (Å²) in [6, 6.07) is 7.88. The Morgan fingerprint density at radius 1 is 1.13 bits per heavy atom. The Balaban J connectivity index is 1.23. The van der Waals surface area contributed by atoms with Crippen LogP contribution in [0.3, 0.4) is 0 Å². The number of amides is 2. The number of benzene rings is 1. The Morgan fingerprint density at radius 2 is 1.81 bits per heavy atom. The van der Waals surface area contributed by atoms with Gasteiger partial charge in [-0.25, -0.2) is 4.79 Å². The van der Waals surface area contributed by atoms with Crippen LogP contribution in [0, 0.1) is 29.1 Å². The molecule has 156 valence electrons. The first-order valence-electron chi connectivity index (χ1n) is 10.1. The summed E-state index contributed by atoms with van der Waals surface area (Å²) in [6.45, 7) is 0. The number of nitrogens with zero attached hydrogens (tertiary/aromatic N) is 2. The Labute approximate surface area is 182 Å². The van der Waals surface area contributed by atoms with E-state index in [1.807, 2.05) is 0 Å². The summed E-state index contributed by atoms with van der Waals surface area (Å²) in [5, 5.41) is 14.5. The number of furan rings is 1. The zero-order valence-corrected chi connectivity index (χ0v) is 17.0. The first-order chi connectivity index (χ1) is 14.9. The Bertz CT molecular complexity index is 1190. The molecule has 8 heteroatoms. The second-order valence-corrected chi connectivity index (χ2v) is 9.06. The van der Waals surface area contributed by atoms with Crippen LogP contribution in [0.1, 0.15) is 29.0 Å². The molecule has 1 saturated heterocycles. The fourth-order valence-electron chi connectivity index (χ4n) is 5.71. The molecule has 2 saturated carbocycles. The van der Waals surface area contributed by atoms with Crippen LogP contribution in [0.2, 0.25) is 5.02 Å². The molecule has 0 unspecified atom stereocenters. The third-order valence-corrected chi connectivity index (χ3v) is 7.57. The largest absolute Gasteiger partial charge is 0.478 e. The van der Waals surface area contributed by atoms with E-state index in [2.05, 4.69) is 17.3 Å². The maximum atomic E-state index is 12.9. The second-order valence-electron chi connectivity index (χ2n) is 8.66. The first-order valence-corrected chi connectivity index (χ1v) is 10.5. The molecule has 7 nitrogen and oxygen atoms in total. The van der Waals surface area contributed by atoms with Crippen LogP contribution >= 0.6 is 11.6 Å². The molecule has 3 aliphatic carbocycles. The third kappa shape index (κ3) is 2.47. The highest BCUT2D eigenvalue weighted by Gasteiger charge is 2.73. The Kier molecular flexibility index (Phi) is 3.69. The molecule has 1 aliphatic heterocycles. The minimum Gasteiger partial charge on any atom is -0.478 e.